The van der Waals surface area contributed by atoms with Crippen molar-refractivity contribution in [1.82, 2.24) is 5.32 Å². The number of ether oxygens (including phenoxy) is 2. The molecular formula is C16H17NO3. The minimum Gasteiger partial charge on any atom is -0.486 e. The lowest BCUT2D eigenvalue weighted by Gasteiger charge is -2.18. The van der Waals surface area contributed by atoms with Gasteiger partial charge in [0.15, 0.2) is 11.5 Å². The molecule has 1 N–H and O–H groups in total. The van der Waals surface area contributed by atoms with Crippen LogP contribution in [-0.2, 0) is 4.79 Å². The van der Waals surface area contributed by atoms with Crippen LogP contribution in [0.15, 0.2) is 36.4 Å². The normalized spacial score (nSPS) is 17.6. The Morgan fingerprint density at radius 2 is 1.95 bits per heavy atom. The van der Waals surface area contributed by atoms with Crippen molar-refractivity contribution in [2.45, 2.75) is 18.9 Å². The number of carbonyl (C=O) groups excluding carboxylic acids is 1. The number of rotatable bonds is 4. The van der Waals surface area contributed by atoms with Gasteiger partial charge in [0.1, 0.15) is 13.2 Å². The van der Waals surface area contributed by atoms with Crippen LogP contribution >= 0.6 is 0 Å². The van der Waals surface area contributed by atoms with Crippen LogP contribution in [0, 0.1) is 0 Å². The van der Waals surface area contributed by atoms with Gasteiger partial charge in [-0.25, -0.2) is 0 Å². The molecule has 1 amide bonds. The molecule has 0 aromatic heterocycles. The zero-order chi connectivity index (χ0) is 13.8. The van der Waals surface area contributed by atoms with Gasteiger partial charge in [-0.3, -0.25) is 4.79 Å². The average Bonchev–Trinajstić information content (AvgIpc) is 3.27. The second kappa shape index (κ2) is 5.82. The Bertz CT molecular complexity index is 559. The zero-order valence-electron chi connectivity index (χ0n) is 11.2. The summed E-state index contributed by atoms with van der Waals surface area (Å²) in [7, 11) is 0. The first-order chi connectivity index (χ1) is 9.81. The van der Waals surface area contributed by atoms with E-state index in [-0.39, 0.29) is 5.91 Å². The average molecular weight is 271 g/mol. The summed E-state index contributed by atoms with van der Waals surface area (Å²) in [6.45, 7) is 1.18. The predicted molar refractivity (Wildman–Crippen MR) is 76.8 cm³/mol. The van der Waals surface area contributed by atoms with Gasteiger partial charge in [0, 0.05) is 12.1 Å². The molecule has 1 saturated carbocycles. The lowest BCUT2D eigenvalue weighted by Crippen LogP contribution is -2.22. The minimum absolute atomic E-state index is 0.0284. The lowest BCUT2D eigenvalue weighted by atomic mass is 10.2. The molecule has 1 aliphatic carbocycles. The molecule has 1 aliphatic heterocycles. The molecule has 1 heterocycles. The Morgan fingerprint density at radius 1 is 1.15 bits per heavy atom. The van der Waals surface area contributed by atoms with Crippen molar-refractivity contribution in [1.29, 1.82) is 0 Å². The van der Waals surface area contributed by atoms with Crippen molar-refractivity contribution in [2.24, 2.45) is 0 Å². The lowest BCUT2D eigenvalue weighted by molar-refractivity contribution is -0.116. The Labute approximate surface area is 118 Å². The summed E-state index contributed by atoms with van der Waals surface area (Å²) in [5.41, 5.74) is 1.02. The molecule has 20 heavy (non-hydrogen) atoms. The van der Waals surface area contributed by atoms with E-state index in [9.17, 15) is 4.79 Å². The molecule has 3 rings (SSSR count). The van der Waals surface area contributed by atoms with Crippen LogP contribution in [0.3, 0.4) is 0 Å². The first kappa shape index (κ1) is 12.8. The predicted octanol–water partition coefficient (Wildman–Crippen LogP) is 2.31. The van der Waals surface area contributed by atoms with Crippen LogP contribution in [0.1, 0.15) is 18.4 Å². The molecule has 1 aromatic rings. The number of allylic oxidation sites excluding steroid dienone is 2. The van der Waals surface area contributed by atoms with E-state index in [0.29, 0.717) is 19.3 Å². The van der Waals surface area contributed by atoms with Crippen molar-refractivity contribution >= 4 is 12.0 Å². The van der Waals surface area contributed by atoms with Gasteiger partial charge < -0.3 is 14.8 Å². The SMILES string of the molecule is O=C(/C=C/C=C/c1ccc2c(c1)OCCO2)NC1CC1. The number of carbonyl (C=O) groups is 1. The van der Waals surface area contributed by atoms with Crippen LogP contribution in [0.5, 0.6) is 11.5 Å². The highest BCUT2D eigenvalue weighted by molar-refractivity contribution is 5.88. The number of benzene rings is 1. The third-order valence-electron chi connectivity index (χ3n) is 3.14. The van der Waals surface area contributed by atoms with Crippen molar-refractivity contribution in [3.63, 3.8) is 0 Å². The third-order valence-corrected chi connectivity index (χ3v) is 3.14. The topological polar surface area (TPSA) is 47.6 Å². The fraction of sp³-hybridized carbons (Fsp3) is 0.312. The summed E-state index contributed by atoms with van der Waals surface area (Å²) in [6, 6.07) is 6.19. The molecule has 0 bridgehead atoms. The van der Waals surface area contributed by atoms with Gasteiger partial charge in [0.25, 0.3) is 0 Å². The van der Waals surface area contributed by atoms with E-state index in [1.807, 2.05) is 30.4 Å². The van der Waals surface area contributed by atoms with Gasteiger partial charge in [-0.1, -0.05) is 24.3 Å². The maximum atomic E-state index is 11.4. The molecule has 0 atom stereocenters. The maximum Gasteiger partial charge on any atom is 0.244 e. The van der Waals surface area contributed by atoms with Crippen LogP contribution in [0.25, 0.3) is 6.08 Å². The van der Waals surface area contributed by atoms with Gasteiger partial charge >= 0.3 is 0 Å². The summed E-state index contributed by atoms with van der Waals surface area (Å²) in [5.74, 6) is 1.53. The highest BCUT2D eigenvalue weighted by Gasteiger charge is 2.21. The van der Waals surface area contributed by atoms with Gasteiger partial charge in [-0.05, 0) is 30.5 Å². The molecular weight excluding hydrogens is 254 g/mol. The molecule has 1 aromatic carbocycles. The number of hydrogen-bond acceptors (Lipinski definition) is 3. The van der Waals surface area contributed by atoms with Crippen LogP contribution in [-0.4, -0.2) is 25.2 Å². The molecule has 0 saturated heterocycles. The number of nitrogens with one attached hydrogen (secondary N) is 1. The molecule has 2 aliphatic rings. The van der Waals surface area contributed by atoms with E-state index in [2.05, 4.69) is 5.32 Å². The number of hydrogen-bond donors (Lipinski definition) is 1. The van der Waals surface area contributed by atoms with E-state index >= 15 is 0 Å². The largest absolute Gasteiger partial charge is 0.486 e. The Hall–Kier alpha value is -2.23. The highest BCUT2D eigenvalue weighted by Crippen LogP contribution is 2.31. The molecule has 4 heteroatoms. The minimum atomic E-state index is -0.0284. The molecule has 0 spiro atoms. The van der Waals surface area contributed by atoms with Gasteiger partial charge in [0.05, 0.1) is 0 Å². The summed E-state index contributed by atoms with van der Waals surface area (Å²) in [5, 5.41) is 2.90. The Morgan fingerprint density at radius 3 is 2.75 bits per heavy atom. The van der Waals surface area contributed by atoms with Gasteiger partial charge in [-0.2, -0.15) is 0 Å². The third kappa shape index (κ3) is 3.41. The Balaban J connectivity index is 1.57. The van der Waals surface area contributed by atoms with E-state index in [1.165, 1.54) is 0 Å². The quantitative estimate of drug-likeness (QED) is 0.675. The zero-order valence-corrected chi connectivity index (χ0v) is 11.2. The van der Waals surface area contributed by atoms with E-state index in [1.54, 1.807) is 12.2 Å². The van der Waals surface area contributed by atoms with Crippen molar-refractivity contribution < 1.29 is 14.3 Å². The van der Waals surface area contributed by atoms with Gasteiger partial charge in [-0.15, -0.1) is 0 Å². The fourth-order valence-corrected chi connectivity index (χ4v) is 1.95. The molecule has 4 nitrogen and oxygen atoms in total. The smallest absolute Gasteiger partial charge is 0.244 e. The van der Waals surface area contributed by atoms with Crippen LogP contribution in [0.4, 0.5) is 0 Å². The van der Waals surface area contributed by atoms with Crippen LogP contribution < -0.4 is 14.8 Å². The molecule has 1 fully saturated rings. The second-order valence-corrected chi connectivity index (χ2v) is 4.90. The number of fused-ring (bicyclic) bond motifs is 1. The van der Waals surface area contributed by atoms with E-state index in [4.69, 9.17) is 9.47 Å². The molecule has 104 valence electrons. The Kier molecular flexibility index (Phi) is 3.72. The first-order valence-corrected chi connectivity index (χ1v) is 6.86. The van der Waals surface area contributed by atoms with E-state index in [0.717, 1.165) is 29.9 Å². The van der Waals surface area contributed by atoms with Crippen molar-refractivity contribution in [3.05, 3.63) is 42.0 Å². The number of amides is 1. The molecule has 0 radical (unpaired) electrons. The fourth-order valence-electron chi connectivity index (χ4n) is 1.95. The standard InChI is InChI=1S/C16H17NO3/c18-16(17-13-6-7-13)4-2-1-3-12-5-8-14-15(11-12)20-10-9-19-14/h1-5,8,11,13H,6-7,9-10H2,(H,17,18)/b3-1+,4-2+. The summed E-state index contributed by atoms with van der Waals surface area (Å²) >= 11 is 0. The highest BCUT2D eigenvalue weighted by atomic mass is 16.6. The van der Waals surface area contributed by atoms with Gasteiger partial charge in [0.2, 0.25) is 5.91 Å². The second-order valence-electron chi connectivity index (χ2n) is 4.90. The monoisotopic (exact) mass is 271 g/mol. The summed E-state index contributed by atoms with van der Waals surface area (Å²) in [6.07, 6.45) is 9.28. The van der Waals surface area contributed by atoms with Crippen molar-refractivity contribution in [2.75, 3.05) is 13.2 Å². The van der Waals surface area contributed by atoms with Crippen LogP contribution in [0.2, 0.25) is 0 Å². The van der Waals surface area contributed by atoms with E-state index < -0.39 is 0 Å². The summed E-state index contributed by atoms with van der Waals surface area (Å²) < 4.78 is 11.0. The maximum absolute atomic E-state index is 11.4. The first-order valence-electron chi connectivity index (χ1n) is 6.86. The molecule has 0 unspecified atom stereocenters. The summed E-state index contributed by atoms with van der Waals surface area (Å²) in [4.78, 5) is 11.4. The van der Waals surface area contributed by atoms with Crippen molar-refractivity contribution in [3.8, 4) is 11.5 Å².